The molecule has 0 bridgehead atoms. The Balaban J connectivity index is 1.67. The molecule has 3 aromatic rings. The number of nitrogens with one attached hydrogen (secondary N) is 4. The van der Waals surface area contributed by atoms with Gasteiger partial charge in [-0.2, -0.15) is 4.98 Å². The highest BCUT2D eigenvalue weighted by Crippen LogP contribution is 2.27. The number of benzene rings is 1. The summed E-state index contributed by atoms with van der Waals surface area (Å²) < 4.78 is 7.70. The van der Waals surface area contributed by atoms with Crippen molar-refractivity contribution in [1.29, 1.82) is 0 Å². The van der Waals surface area contributed by atoms with Crippen molar-refractivity contribution in [3.05, 3.63) is 41.6 Å². The Morgan fingerprint density at radius 2 is 2.10 bits per heavy atom. The first-order chi connectivity index (χ1) is 14.7. The molecule has 10 nitrogen and oxygen atoms in total. The van der Waals surface area contributed by atoms with Crippen molar-refractivity contribution in [2.24, 2.45) is 5.10 Å². The summed E-state index contributed by atoms with van der Waals surface area (Å²) in [6, 6.07) is 7.91. The lowest BCUT2D eigenvalue weighted by Crippen LogP contribution is -2.35. The van der Waals surface area contributed by atoms with Crippen molar-refractivity contribution in [2.75, 3.05) is 24.7 Å². The molecule has 158 valence electrons. The highest BCUT2D eigenvalue weighted by molar-refractivity contribution is 5.99. The zero-order chi connectivity index (χ0) is 20.9. The van der Waals surface area contributed by atoms with E-state index in [-0.39, 0.29) is 5.95 Å². The Bertz CT molecular complexity index is 1060. The summed E-state index contributed by atoms with van der Waals surface area (Å²) in [7, 11) is 1.67. The van der Waals surface area contributed by atoms with Crippen LogP contribution in [0.4, 0.5) is 11.8 Å². The average molecular weight is 409 g/mol. The van der Waals surface area contributed by atoms with Gasteiger partial charge in [-0.3, -0.25) is 5.43 Å². The van der Waals surface area contributed by atoms with E-state index in [1.165, 1.54) is 12.8 Å². The number of anilines is 2. The van der Waals surface area contributed by atoms with E-state index in [1.807, 2.05) is 24.4 Å². The molecule has 3 heterocycles. The highest BCUT2D eigenvalue weighted by Gasteiger charge is 2.15. The second-order valence-corrected chi connectivity index (χ2v) is 7.09. The van der Waals surface area contributed by atoms with Crippen LogP contribution in [0.5, 0.6) is 5.75 Å². The first kappa shape index (κ1) is 19.8. The van der Waals surface area contributed by atoms with E-state index in [0.29, 0.717) is 12.4 Å². The maximum atomic E-state index is 5.93. The monoisotopic (exact) mass is 409 g/mol. The largest absolute Gasteiger partial charge is 0.496 e. The Hall–Kier alpha value is -3.53. The number of rotatable bonds is 9. The number of nitrogens with zero attached hydrogens (tertiary/aromatic N) is 4. The van der Waals surface area contributed by atoms with Crippen molar-refractivity contribution in [1.82, 2.24) is 31.0 Å². The van der Waals surface area contributed by atoms with Gasteiger partial charge < -0.3 is 20.4 Å². The van der Waals surface area contributed by atoms with E-state index in [2.05, 4.69) is 54.4 Å². The molecule has 0 saturated carbocycles. The van der Waals surface area contributed by atoms with Crippen molar-refractivity contribution in [3.8, 4) is 5.75 Å². The molecule has 0 aliphatic carbocycles. The Morgan fingerprint density at radius 1 is 1.20 bits per heavy atom. The molecular weight excluding hydrogens is 382 g/mol. The van der Waals surface area contributed by atoms with Crippen molar-refractivity contribution >= 4 is 28.6 Å². The Labute approximate surface area is 174 Å². The standard InChI is InChI=1S/C20H27N9O/c1-3-4-5-9-22-19-17-15(23-20(21)24-19)8-10-29(17)12-14-11-13(6-7-16(14)30-2)18-25-27-28-26-18/h6-8,10-11,27-28H,3-5,9,12H2,1-2H3,(H,25,26)(H3,21,22,23,24). The summed E-state index contributed by atoms with van der Waals surface area (Å²) in [5, 5.41) is 7.61. The van der Waals surface area contributed by atoms with Gasteiger partial charge in [-0.25, -0.2) is 10.5 Å². The second kappa shape index (κ2) is 8.87. The molecule has 10 heteroatoms. The molecule has 1 aromatic carbocycles. The number of hydrazine groups is 2. The number of nitrogen functional groups attached to an aromatic ring is 1. The van der Waals surface area contributed by atoms with E-state index in [1.54, 1.807) is 7.11 Å². The number of amidine groups is 1. The third-order valence-corrected chi connectivity index (χ3v) is 5.00. The maximum absolute atomic E-state index is 5.93. The lowest BCUT2D eigenvalue weighted by Gasteiger charge is -2.14. The quantitative estimate of drug-likeness (QED) is 0.340. The molecule has 4 rings (SSSR count). The molecular formula is C20H27N9O. The topological polar surface area (TPSA) is 126 Å². The lowest BCUT2D eigenvalue weighted by atomic mass is 10.1. The van der Waals surface area contributed by atoms with Gasteiger partial charge in [0, 0.05) is 23.9 Å². The molecule has 0 unspecified atom stereocenters. The third-order valence-electron chi connectivity index (χ3n) is 5.00. The van der Waals surface area contributed by atoms with E-state index in [0.717, 1.165) is 46.7 Å². The van der Waals surface area contributed by atoms with E-state index in [9.17, 15) is 0 Å². The van der Waals surface area contributed by atoms with Gasteiger partial charge in [0.2, 0.25) is 5.95 Å². The number of methoxy groups -OCH3 is 1. The zero-order valence-corrected chi connectivity index (χ0v) is 17.2. The number of ether oxygens (including phenoxy) is 1. The molecule has 0 fully saturated rings. The molecule has 0 saturated heterocycles. The van der Waals surface area contributed by atoms with Crippen LogP contribution < -0.4 is 32.3 Å². The molecule has 0 spiro atoms. The second-order valence-electron chi connectivity index (χ2n) is 7.09. The van der Waals surface area contributed by atoms with E-state index in [4.69, 9.17) is 10.5 Å². The fourth-order valence-electron chi connectivity index (χ4n) is 3.53. The van der Waals surface area contributed by atoms with Gasteiger partial charge in [-0.15, -0.1) is 10.6 Å². The molecule has 30 heavy (non-hydrogen) atoms. The molecule has 6 N–H and O–H groups in total. The fourth-order valence-corrected chi connectivity index (χ4v) is 3.53. The first-order valence-electron chi connectivity index (χ1n) is 10.1. The summed E-state index contributed by atoms with van der Waals surface area (Å²) in [6.07, 6.45) is 5.41. The van der Waals surface area contributed by atoms with Crippen LogP contribution in [0.1, 0.15) is 37.3 Å². The predicted octanol–water partition coefficient (Wildman–Crippen LogP) is 1.95. The number of nitrogens with two attached hydrogens (primary N) is 1. The molecule has 0 amide bonds. The van der Waals surface area contributed by atoms with Gasteiger partial charge in [0.1, 0.15) is 11.3 Å². The number of hydrogen-bond donors (Lipinski definition) is 5. The molecule has 0 atom stereocenters. The van der Waals surface area contributed by atoms with Crippen LogP contribution in [0.3, 0.4) is 0 Å². The van der Waals surface area contributed by atoms with E-state index >= 15 is 0 Å². The van der Waals surface area contributed by atoms with Gasteiger partial charge in [-0.05, 0) is 30.7 Å². The third kappa shape index (κ3) is 4.08. The zero-order valence-electron chi connectivity index (χ0n) is 17.2. The predicted molar refractivity (Wildman–Crippen MR) is 118 cm³/mol. The Morgan fingerprint density at radius 3 is 2.87 bits per heavy atom. The van der Waals surface area contributed by atoms with Gasteiger partial charge in [0.25, 0.3) is 0 Å². The highest BCUT2D eigenvalue weighted by atomic mass is 16.5. The minimum atomic E-state index is 0.267. The van der Waals surface area contributed by atoms with Crippen molar-refractivity contribution in [2.45, 2.75) is 32.7 Å². The summed E-state index contributed by atoms with van der Waals surface area (Å²) in [4.78, 5) is 8.85. The maximum Gasteiger partial charge on any atom is 0.222 e. The normalized spacial score (nSPS) is 13.1. The number of hydrazone groups is 1. The SMILES string of the molecule is CCCCCNc1nc(N)nc2ccn(Cc3cc(C4=NNNN4)ccc3OC)c12. The smallest absolute Gasteiger partial charge is 0.222 e. The van der Waals surface area contributed by atoms with E-state index < -0.39 is 0 Å². The number of fused-ring (bicyclic) bond motifs is 1. The van der Waals surface area contributed by atoms with Crippen LogP contribution in [-0.2, 0) is 6.54 Å². The first-order valence-corrected chi connectivity index (χ1v) is 10.1. The summed E-state index contributed by atoms with van der Waals surface area (Å²) in [5.74, 6) is 2.53. The van der Waals surface area contributed by atoms with Gasteiger partial charge >= 0.3 is 0 Å². The van der Waals surface area contributed by atoms with Crippen molar-refractivity contribution in [3.63, 3.8) is 0 Å². The molecule has 0 radical (unpaired) electrons. The fraction of sp³-hybridized carbons (Fsp3) is 0.350. The minimum absolute atomic E-state index is 0.267. The van der Waals surface area contributed by atoms with Crippen molar-refractivity contribution < 1.29 is 4.74 Å². The summed E-state index contributed by atoms with van der Waals surface area (Å²) in [5.41, 5.74) is 18.0. The van der Waals surface area contributed by atoms with Crippen LogP contribution in [0.25, 0.3) is 11.0 Å². The van der Waals surface area contributed by atoms with Gasteiger partial charge in [-0.1, -0.05) is 19.8 Å². The molecule has 2 aromatic heterocycles. The molecule has 1 aliphatic rings. The van der Waals surface area contributed by atoms with Crippen LogP contribution >= 0.6 is 0 Å². The van der Waals surface area contributed by atoms with Crippen LogP contribution in [0, 0.1) is 0 Å². The van der Waals surface area contributed by atoms with Crippen LogP contribution in [0.2, 0.25) is 0 Å². The minimum Gasteiger partial charge on any atom is -0.496 e. The molecule has 1 aliphatic heterocycles. The van der Waals surface area contributed by atoms with Gasteiger partial charge in [0.15, 0.2) is 11.7 Å². The van der Waals surface area contributed by atoms with Crippen LogP contribution in [-0.4, -0.2) is 34.0 Å². The average Bonchev–Trinajstić information content (AvgIpc) is 3.42. The van der Waals surface area contributed by atoms with Gasteiger partial charge in [0.05, 0.1) is 19.2 Å². The number of hydrogen-bond acceptors (Lipinski definition) is 9. The number of unbranched alkanes of at least 4 members (excludes halogenated alkanes) is 2. The summed E-state index contributed by atoms with van der Waals surface area (Å²) in [6.45, 7) is 3.62. The number of aromatic nitrogens is 3. The Kier molecular flexibility index (Phi) is 5.84. The lowest BCUT2D eigenvalue weighted by molar-refractivity contribution is 0.408. The summed E-state index contributed by atoms with van der Waals surface area (Å²) >= 11 is 0. The van der Waals surface area contributed by atoms with Crippen LogP contribution in [0.15, 0.2) is 35.6 Å².